The van der Waals surface area contributed by atoms with Crippen LogP contribution in [0.25, 0.3) is 0 Å². The predicted octanol–water partition coefficient (Wildman–Crippen LogP) is -5.15. The lowest BCUT2D eigenvalue weighted by atomic mass is 10.1. The standard InChI is InChI=1S/C17H28N6O10/c18-7(1-3-11(19)25)14(29)23-10(6-24)16(31)21-8(2-4-12(20)26)15(30)22-9(17(32)33)5-13(27)28/h7-10,24H,1-6,18H2,(H2,19,25)(H2,20,26)(H,21,31)(H,22,30)(H,23,29)(H,27,28)(H,32,33). The highest BCUT2D eigenvalue weighted by molar-refractivity contribution is 5.95. The molecule has 0 aliphatic carbocycles. The molecule has 0 bridgehead atoms. The number of amides is 5. The highest BCUT2D eigenvalue weighted by atomic mass is 16.4. The van der Waals surface area contributed by atoms with Crippen molar-refractivity contribution in [3.05, 3.63) is 0 Å². The normalized spacial score (nSPS) is 14.1. The number of primary amides is 2. The number of rotatable bonds is 16. The molecule has 0 aromatic heterocycles. The van der Waals surface area contributed by atoms with Gasteiger partial charge >= 0.3 is 11.9 Å². The second-order valence-electron chi connectivity index (χ2n) is 6.92. The van der Waals surface area contributed by atoms with Crippen LogP contribution in [-0.2, 0) is 33.6 Å². The molecule has 0 rings (SSSR count). The molecule has 16 nitrogen and oxygen atoms in total. The SMILES string of the molecule is NC(=O)CCC(N)C(=O)NC(CO)C(=O)NC(CCC(N)=O)C(=O)NC(CC(=O)O)C(=O)O. The van der Waals surface area contributed by atoms with Gasteiger partial charge in [-0.2, -0.15) is 0 Å². The molecule has 33 heavy (non-hydrogen) atoms. The quantitative estimate of drug-likeness (QED) is 0.101. The van der Waals surface area contributed by atoms with Crippen LogP contribution in [0.3, 0.4) is 0 Å². The molecule has 4 unspecified atom stereocenters. The molecule has 0 radical (unpaired) electrons. The lowest BCUT2D eigenvalue weighted by Crippen LogP contribution is -2.58. The molecule has 0 fully saturated rings. The summed E-state index contributed by atoms with van der Waals surface area (Å²) in [6.07, 6.45) is -2.11. The van der Waals surface area contributed by atoms with Crippen LogP contribution in [0, 0.1) is 0 Å². The van der Waals surface area contributed by atoms with Gasteiger partial charge in [-0.25, -0.2) is 4.79 Å². The van der Waals surface area contributed by atoms with Crippen molar-refractivity contribution in [1.82, 2.24) is 16.0 Å². The highest BCUT2D eigenvalue weighted by Gasteiger charge is 2.31. The van der Waals surface area contributed by atoms with Crippen LogP contribution in [0.15, 0.2) is 0 Å². The van der Waals surface area contributed by atoms with Gasteiger partial charge in [0.2, 0.25) is 29.5 Å². The topological polar surface area (TPSA) is 294 Å². The number of aliphatic hydroxyl groups is 1. The molecule has 0 aliphatic rings. The number of hydrogen-bond donors (Lipinski definition) is 9. The van der Waals surface area contributed by atoms with Crippen LogP contribution in [0.2, 0.25) is 0 Å². The number of hydrogen-bond acceptors (Lipinski definition) is 9. The van der Waals surface area contributed by atoms with Gasteiger partial charge in [-0.05, 0) is 12.8 Å². The third kappa shape index (κ3) is 12.0. The molecule has 0 heterocycles. The largest absolute Gasteiger partial charge is 0.481 e. The van der Waals surface area contributed by atoms with Gasteiger partial charge in [-0.3, -0.25) is 28.8 Å². The van der Waals surface area contributed by atoms with E-state index in [1.165, 1.54) is 0 Å². The number of nitrogens with two attached hydrogens (primary N) is 3. The van der Waals surface area contributed by atoms with E-state index in [1.807, 2.05) is 5.32 Å². The van der Waals surface area contributed by atoms with Gasteiger partial charge in [-0.15, -0.1) is 0 Å². The fraction of sp³-hybridized carbons (Fsp3) is 0.588. The maximum Gasteiger partial charge on any atom is 0.326 e. The molecular formula is C17H28N6O10. The van der Waals surface area contributed by atoms with E-state index in [9.17, 15) is 38.7 Å². The molecule has 0 saturated carbocycles. The summed E-state index contributed by atoms with van der Waals surface area (Å²) in [5.41, 5.74) is 15.6. The maximum atomic E-state index is 12.4. The average molecular weight is 476 g/mol. The number of carbonyl (C=O) groups is 7. The van der Waals surface area contributed by atoms with Gasteiger partial charge in [0, 0.05) is 12.8 Å². The Morgan fingerprint density at radius 3 is 1.61 bits per heavy atom. The molecule has 186 valence electrons. The van der Waals surface area contributed by atoms with Crippen molar-refractivity contribution in [2.24, 2.45) is 17.2 Å². The minimum Gasteiger partial charge on any atom is -0.481 e. The van der Waals surface area contributed by atoms with Crippen LogP contribution in [0.4, 0.5) is 0 Å². The fourth-order valence-corrected chi connectivity index (χ4v) is 2.38. The predicted molar refractivity (Wildman–Crippen MR) is 108 cm³/mol. The number of carbonyl (C=O) groups excluding carboxylic acids is 5. The zero-order valence-electron chi connectivity index (χ0n) is 17.5. The van der Waals surface area contributed by atoms with E-state index in [0.717, 1.165) is 0 Å². The zero-order valence-corrected chi connectivity index (χ0v) is 17.5. The van der Waals surface area contributed by atoms with Crippen molar-refractivity contribution in [1.29, 1.82) is 0 Å². The van der Waals surface area contributed by atoms with Crippen LogP contribution < -0.4 is 33.2 Å². The second kappa shape index (κ2) is 14.3. The number of nitrogens with one attached hydrogen (secondary N) is 3. The molecule has 12 N–H and O–H groups in total. The van der Waals surface area contributed by atoms with Crippen molar-refractivity contribution < 1.29 is 48.9 Å². The van der Waals surface area contributed by atoms with Gasteiger partial charge in [0.05, 0.1) is 19.1 Å². The molecule has 4 atom stereocenters. The summed E-state index contributed by atoms with van der Waals surface area (Å²) in [6.45, 7) is -0.930. The van der Waals surface area contributed by atoms with E-state index in [4.69, 9.17) is 27.4 Å². The Morgan fingerprint density at radius 1 is 0.697 bits per heavy atom. The van der Waals surface area contributed by atoms with Gasteiger partial charge in [0.15, 0.2) is 0 Å². The van der Waals surface area contributed by atoms with Gasteiger partial charge in [-0.1, -0.05) is 0 Å². The molecule has 5 amide bonds. The Bertz CT molecular complexity index is 773. The summed E-state index contributed by atoms with van der Waals surface area (Å²) < 4.78 is 0. The summed E-state index contributed by atoms with van der Waals surface area (Å²) in [5.74, 6) is -7.87. The van der Waals surface area contributed by atoms with Gasteiger partial charge < -0.3 is 48.5 Å². The summed E-state index contributed by atoms with van der Waals surface area (Å²) in [4.78, 5) is 80.7. The molecule has 0 aromatic carbocycles. The van der Waals surface area contributed by atoms with E-state index in [0.29, 0.717) is 0 Å². The summed E-state index contributed by atoms with van der Waals surface area (Å²) in [5, 5.41) is 33.4. The molecular weight excluding hydrogens is 448 g/mol. The minimum atomic E-state index is -1.83. The monoisotopic (exact) mass is 476 g/mol. The third-order valence-electron chi connectivity index (χ3n) is 4.16. The summed E-state index contributed by atoms with van der Waals surface area (Å²) in [7, 11) is 0. The van der Waals surface area contributed by atoms with Crippen molar-refractivity contribution in [3.63, 3.8) is 0 Å². The van der Waals surface area contributed by atoms with Gasteiger partial charge in [0.1, 0.15) is 18.1 Å². The molecule has 16 heteroatoms. The zero-order chi connectivity index (χ0) is 25.7. The van der Waals surface area contributed by atoms with Crippen LogP contribution in [0.5, 0.6) is 0 Å². The first kappa shape index (κ1) is 29.2. The lowest BCUT2D eigenvalue weighted by molar-refractivity contribution is -0.147. The van der Waals surface area contributed by atoms with Crippen LogP contribution in [-0.4, -0.2) is 87.6 Å². The Hall–Kier alpha value is -3.79. The Balaban J connectivity index is 5.32. The van der Waals surface area contributed by atoms with E-state index < -0.39 is 91.5 Å². The second-order valence-corrected chi connectivity index (χ2v) is 6.92. The van der Waals surface area contributed by atoms with E-state index >= 15 is 0 Å². The van der Waals surface area contributed by atoms with E-state index in [2.05, 4.69) is 10.6 Å². The first-order valence-corrected chi connectivity index (χ1v) is 9.57. The number of aliphatic hydroxyl groups excluding tert-OH is 1. The third-order valence-corrected chi connectivity index (χ3v) is 4.16. The van der Waals surface area contributed by atoms with Gasteiger partial charge in [0.25, 0.3) is 0 Å². The Kier molecular flexibility index (Phi) is 12.7. The van der Waals surface area contributed by atoms with Crippen LogP contribution >= 0.6 is 0 Å². The first-order valence-electron chi connectivity index (χ1n) is 9.57. The number of carboxylic acid groups (broad SMARTS) is 2. The van der Waals surface area contributed by atoms with E-state index in [-0.39, 0.29) is 12.8 Å². The lowest BCUT2D eigenvalue weighted by Gasteiger charge is -2.24. The first-order chi connectivity index (χ1) is 15.3. The van der Waals surface area contributed by atoms with Crippen molar-refractivity contribution in [3.8, 4) is 0 Å². The molecule has 0 spiro atoms. The fourth-order valence-electron chi connectivity index (χ4n) is 2.38. The van der Waals surface area contributed by atoms with Crippen molar-refractivity contribution in [2.45, 2.75) is 56.3 Å². The molecule has 0 aromatic rings. The molecule has 0 aliphatic heterocycles. The summed E-state index contributed by atoms with van der Waals surface area (Å²) in [6, 6.07) is -6.23. The Morgan fingerprint density at radius 2 is 1.15 bits per heavy atom. The van der Waals surface area contributed by atoms with Crippen molar-refractivity contribution in [2.75, 3.05) is 6.61 Å². The Labute approximate surface area is 187 Å². The average Bonchev–Trinajstić information content (AvgIpc) is 2.71. The number of aliphatic carboxylic acids is 2. The van der Waals surface area contributed by atoms with Crippen molar-refractivity contribution >= 4 is 41.5 Å². The maximum absolute atomic E-state index is 12.4. The summed E-state index contributed by atoms with van der Waals surface area (Å²) >= 11 is 0. The van der Waals surface area contributed by atoms with Crippen LogP contribution in [0.1, 0.15) is 32.1 Å². The number of carboxylic acids is 2. The minimum absolute atomic E-state index is 0.134. The smallest absolute Gasteiger partial charge is 0.326 e. The van der Waals surface area contributed by atoms with E-state index in [1.54, 1.807) is 0 Å². The highest BCUT2D eigenvalue weighted by Crippen LogP contribution is 2.02. The molecule has 0 saturated heterocycles.